The molecule has 118 valence electrons. The number of hydrogen-bond acceptors (Lipinski definition) is 2. The molecular formula is C15H19F4NO. The summed E-state index contributed by atoms with van der Waals surface area (Å²) >= 11 is 0. The molecule has 0 aliphatic carbocycles. The summed E-state index contributed by atoms with van der Waals surface area (Å²) in [5, 5.41) is 3.19. The van der Waals surface area contributed by atoms with E-state index in [9.17, 15) is 17.6 Å². The molecule has 21 heavy (non-hydrogen) atoms. The number of halogens is 4. The zero-order valence-corrected chi connectivity index (χ0v) is 12.0. The Balaban J connectivity index is 2.32. The highest BCUT2D eigenvalue weighted by molar-refractivity contribution is 5.30. The van der Waals surface area contributed by atoms with E-state index in [4.69, 9.17) is 4.74 Å². The van der Waals surface area contributed by atoms with E-state index < -0.39 is 17.6 Å². The van der Waals surface area contributed by atoms with Gasteiger partial charge in [0.2, 0.25) is 0 Å². The third kappa shape index (κ3) is 3.74. The molecule has 0 saturated carbocycles. The van der Waals surface area contributed by atoms with Crippen LogP contribution in [0.4, 0.5) is 17.6 Å². The Kier molecular flexibility index (Phi) is 4.88. The van der Waals surface area contributed by atoms with Crippen LogP contribution in [0.25, 0.3) is 0 Å². The Labute approximate surface area is 121 Å². The largest absolute Gasteiger partial charge is 0.419 e. The zero-order chi connectivity index (χ0) is 15.6. The van der Waals surface area contributed by atoms with Crippen molar-refractivity contribution in [3.8, 4) is 0 Å². The van der Waals surface area contributed by atoms with Crippen LogP contribution in [0.5, 0.6) is 0 Å². The predicted octanol–water partition coefficient (Wildman–Crippen LogP) is 3.92. The first-order valence-corrected chi connectivity index (χ1v) is 7.04. The Hall–Kier alpha value is -1.14. The molecule has 1 saturated heterocycles. The van der Waals surface area contributed by atoms with Crippen molar-refractivity contribution in [2.24, 2.45) is 5.92 Å². The monoisotopic (exact) mass is 305 g/mol. The summed E-state index contributed by atoms with van der Waals surface area (Å²) in [4.78, 5) is 0. The number of nitrogens with one attached hydrogen (secondary N) is 1. The van der Waals surface area contributed by atoms with Crippen molar-refractivity contribution in [3.63, 3.8) is 0 Å². The summed E-state index contributed by atoms with van der Waals surface area (Å²) in [5.74, 6) is -1.15. The molecule has 1 aromatic rings. The quantitative estimate of drug-likeness (QED) is 0.851. The molecule has 0 aromatic heterocycles. The van der Waals surface area contributed by atoms with Crippen molar-refractivity contribution >= 4 is 0 Å². The first-order chi connectivity index (χ1) is 9.82. The third-order valence-corrected chi connectivity index (χ3v) is 3.78. The lowest BCUT2D eigenvalue weighted by molar-refractivity contribution is -0.140. The second-order valence-corrected chi connectivity index (χ2v) is 5.41. The van der Waals surface area contributed by atoms with Gasteiger partial charge in [0.25, 0.3) is 0 Å². The molecule has 1 aliphatic heterocycles. The van der Waals surface area contributed by atoms with Gasteiger partial charge in [-0.2, -0.15) is 13.2 Å². The summed E-state index contributed by atoms with van der Waals surface area (Å²) in [6.45, 7) is 4.95. The minimum atomic E-state index is -4.68. The summed E-state index contributed by atoms with van der Waals surface area (Å²) in [6, 6.07) is 2.95. The molecule has 0 amide bonds. The molecule has 1 N–H and O–H groups in total. The average molecular weight is 305 g/mol. The molecule has 1 heterocycles. The molecule has 1 fully saturated rings. The van der Waals surface area contributed by atoms with E-state index >= 15 is 0 Å². The lowest BCUT2D eigenvalue weighted by atomic mass is 9.90. The zero-order valence-electron chi connectivity index (χ0n) is 12.0. The Morgan fingerprint density at radius 1 is 1.38 bits per heavy atom. The van der Waals surface area contributed by atoms with Gasteiger partial charge in [0, 0.05) is 12.0 Å². The number of rotatable bonds is 4. The van der Waals surface area contributed by atoms with Crippen molar-refractivity contribution in [2.45, 2.75) is 38.6 Å². The standard InChI is InChI=1S/C15H19F4NO/c1-3-20-14(11-6-9(2)21-8-11)10-4-5-13(16)12(7-10)15(17,18)19/h4-5,7,9,11,14,20H,3,6,8H2,1-2H3. The predicted molar refractivity (Wildman–Crippen MR) is 71.3 cm³/mol. The molecule has 0 bridgehead atoms. The first-order valence-electron chi connectivity index (χ1n) is 7.04. The molecule has 2 nitrogen and oxygen atoms in total. The first kappa shape index (κ1) is 16.2. The molecule has 1 aromatic carbocycles. The van der Waals surface area contributed by atoms with Crippen molar-refractivity contribution in [3.05, 3.63) is 35.1 Å². The van der Waals surface area contributed by atoms with Gasteiger partial charge in [0.15, 0.2) is 0 Å². The van der Waals surface area contributed by atoms with E-state index in [0.717, 1.165) is 18.6 Å². The van der Waals surface area contributed by atoms with Crippen molar-refractivity contribution in [1.82, 2.24) is 5.32 Å². The van der Waals surface area contributed by atoms with Crippen molar-refractivity contribution < 1.29 is 22.3 Å². The number of benzene rings is 1. The maximum atomic E-state index is 13.4. The second kappa shape index (κ2) is 6.32. The lowest BCUT2D eigenvalue weighted by Gasteiger charge is -2.25. The molecule has 2 rings (SSSR count). The van der Waals surface area contributed by atoms with Crippen molar-refractivity contribution in [1.29, 1.82) is 0 Å². The molecule has 1 aliphatic rings. The Morgan fingerprint density at radius 2 is 2.10 bits per heavy atom. The van der Waals surface area contributed by atoms with Gasteiger partial charge in [0.1, 0.15) is 5.82 Å². The fraction of sp³-hybridized carbons (Fsp3) is 0.600. The highest BCUT2D eigenvalue weighted by atomic mass is 19.4. The van der Waals surface area contributed by atoms with Crippen LogP contribution in [0.2, 0.25) is 0 Å². The van der Waals surface area contributed by atoms with E-state index in [1.54, 1.807) is 0 Å². The van der Waals surface area contributed by atoms with Gasteiger partial charge in [-0.15, -0.1) is 0 Å². The van der Waals surface area contributed by atoms with Crippen LogP contribution in [0.15, 0.2) is 18.2 Å². The van der Waals surface area contributed by atoms with Gasteiger partial charge in [-0.3, -0.25) is 0 Å². The van der Waals surface area contributed by atoms with Gasteiger partial charge < -0.3 is 10.1 Å². The van der Waals surface area contributed by atoms with Gasteiger partial charge in [-0.25, -0.2) is 4.39 Å². The van der Waals surface area contributed by atoms with Crippen LogP contribution in [0.1, 0.15) is 37.4 Å². The highest BCUT2D eigenvalue weighted by Gasteiger charge is 2.36. The molecule has 0 radical (unpaired) electrons. The van der Waals surface area contributed by atoms with E-state index in [-0.39, 0.29) is 18.1 Å². The molecule has 6 heteroatoms. The lowest BCUT2D eigenvalue weighted by Crippen LogP contribution is -2.29. The van der Waals surface area contributed by atoms with Crippen LogP contribution in [-0.2, 0) is 10.9 Å². The normalized spacial score (nSPS) is 24.3. The summed E-state index contributed by atoms with van der Waals surface area (Å²) in [6.07, 6.45) is -3.81. The molecular weight excluding hydrogens is 286 g/mol. The number of alkyl halides is 3. The van der Waals surface area contributed by atoms with Gasteiger partial charge in [-0.05, 0) is 37.6 Å². The van der Waals surface area contributed by atoms with Crippen molar-refractivity contribution in [2.75, 3.05) is 13.2 Å². The van der Waals surface area contributed by atoms with E-state index in [1.165, 1.54) is 6.07 Å². The second-order valence-electron chi connectivity index (χ2n) is 5.41. The third-order valence-electron chi connectivity index (χ3n) is 3.78. The fourth-order valence-corrected chi connectivity index (χ4v) is 2.81. The average Bonchev–Trinajstić information content (AvgIpc) is 2.82. The summed E-state index contributed by atoms with van der Waals surface area (Å²) in [5.41, 5.74) is -0.761. The molecule has 3 atom stereocenters. The maximum Gasteiger partial charge on any atom is 0.419 e. The topological polar surface area (TPSA) is 21.3 Å². The van der Waals surface area contributed by atoms with Gasteiger partial charge in [0.05, 0.1) is 18.3 Å². The van der Waals surface area contributed by atoms with Gasteiger partial charge >= 0.3 is 6.18 Å². The summed E-state index contributed by atoms with van der Waals surface area (Å²) < 4.78 is 57.4. The van der Waals surface area contributed by atoms with Crippen LogP contribution in [0.3, 0.4) is 0 Å². The number of hydrogen-bond donors (Lipinski definition) is 1. The van der Waals surface area contributed by atoms with E-state index in [2.05, 4.69) is 5.32 Å². The van der Waals surface area contributed by atoms with Crippen LogP contribution in [-0.4, -0.2) is 19.3 Å². The minimum absolute atomic E-state index is 0.0893. The van der Waals surface area contributed by atoms with Crippen LogP contribution >= 0.6 is 0 Å². The van der Waals surface area contributed by atoms with E-state index in [1.807, 2.05) is 13.8 Å². The Bertz CT molecular complexity index is 489. The minimum Gasteiger partial charge on any atom is -0.378 e. The SMILES string of the molecule is CCNC(c1ccc(F)c(C(F)(F)F)c1)C1COC(C)C1. The summed E-state index contributed by atoms with van der Waals surface area (Å²) in [7, 11) is 0. The van der Waals surface area contributed by atoms with Gasteiger partial charge in [-0.1, -0.05) is 13.0 Å². The van der Waals surface area contributed by atoms with E-state index in [0.29, 0.717) is 18.7 Å². The van der Waals surface area contributed by atoms with Crippen LogP contribution in [0, 0.1) is 11.7 Å². The van der Waals surface area contributed by atoms with Crippen LogP contribution < -0.4 is 5.32 Å². The number of ether oxygens (including phenoxy) is 1. The highest BCUT2D eigenvalue weighted by Crippen LogP contribution is 2.36. The molecule has 0 spiro atoms. The Morgan fingerprint density at radius 3 is 2.62 bits per heavy atom. The fourth-order valence-electron chi connectivity index (χ4n) is 2.81. The molecule has 3 unspecified atom stereocenters. The smallest absolute Gasteiger partial charge is 0.378 e. The maximum absolute atomic E-state index is 13.4.